The second kappa shape index (κ2) is 4.12. The third-order valence-corrected chi connectivity index (χ3v) is 3.18. The third-order valence-electron chi connectivity index (χ3n) is 1.83. The first kappa shape index (κ1) is 11.9. The van der Waals surface area contributed by atoms with Crippen LogP contribution in [0.4, 0.5) is 5.69 Å². The van der Waals surface area contributed by atoms with Crippen molar-refractivity contribution in [1.82, 2.24) is 0 Å². The molecule has 0 aliphatic heterocycles. The molecule has 0 N–H and O–H groups in total. The van der Waals surface area contributed by atoms with Gasteiger partial charge in [0.2, 0.25) is 0 Å². The lowest BCUT2D eigenvalue weighted by molar-refractivity contribution is -0.385. The number of hydrogen-bond acceptors (Lipinski definition) is 5. The van der Waals surface area contributed by atoms with Crippen molar-refractivity contribution in [3.05, 3.63) is 45.9 Å². The lowest BCUT2D eigenvalue weighted by atomic mass is 10.2. The smallest absolute Gasteiger partial charge is 0.258 e. The van der Waals surface area contributed by atoms with Crippen molar-refractivity contribution in [2.45, 2.75) is 4.90 Å². The van der Waals surface area contributed by atoms with E-state index in [1.807, 2.05) is 0 Å². The van der Waals surface area contributed by atoms with Gasteiger partial charge in [0.15, 0.2) is 9.84 Å². The van der Waals surface area contributed by atoms with E-state index in [-0.39, 0.29) is 10.5 Å². The monoisotopic (exact) mass is 238 g/mol. The van der Waals surface area contributed by atoms with Gasteiger partial charge < -0.3 is 0 Å². The summed E-state index contributed by atoms with van der Waals surface area (Å²) in [5.41, 5.74) is -0.724. The normalized spacial score (nSPS) is 10.4. The molecule has 0 atom stereocenters. The van der Waals surface area contributed by atoms with Gasteiger partial charge >= 0.3 is 0 Å². The van der Waals surface area contributed by atoms with Gasteiger partial charge in [0.1, 0.15) is 11.6 Å². The molecule has 82 valence electrons. The molecule has 0 heterocycles. The van der Waals surface area contributed by atoms with Crippen LogP contribution in [0.2, 0.25) is 0 Å². The molecule has 0 saturated carbocycles. The van der Waals surface area contributed by atoms with E-state index in [0.717, 1.165) is 18.2 Å². The molecule has 0 aliphatic carbocycles. The topological polar surface area (TPSA) is 101 Å². The van der Waals surface area contributed by atoms with E-state index in [0.29, 0.717) is 5.41 Å². The van der Waals surface area contributed by atoms with E-state index < -0.39 is 20.4 Å². The van der Waals surface area contributed by atoms with Crippen LogP contribution in [0.25, 0.3) is 0 Å². The van der Waals surface area contributed by atoms with E-state index in [1.54, 1.807) is 6.07 Å². The van der Waals surface area contributed by atoms with Gasteiger partial charge in [-0.05, 0) is 12.1 Å². The Morgan fingerprint density at radius 3 is 2.56 bits per heavy atom. The molecule has 0 aliphatic rings. The fraction of sp³-hybridized carbons (Fsp3) is 0. The zero-order valence-corrected chi connectivity index (χ0v) is 8.77. The number of nitrogens with zero attached hydrogens (tertiary/aromatic N) is 2. The molecular formula is C9H6N2O4S. The number of nitro benzene ring substituents is 1. The summed E-state index contributed by atoms with van der Waals surface area (Å²) >= 11 is 0. The van der Waals surface area contributed by atoms with Gasteiger partial charge in [-0.1, -0.05) is 6.58 Å². The number of sulfone groups is 1. The summed E-state index contributed by atoms with van der Waals surface area (Å²) in [4.78, 5) is 9.52. The van der Waals surface area contributed by atoms with Crippen LogP contribution >= 0.6 is 0 Å². The van der Waals surface area contributed by atoms with Gasteiger partial charge in [-0.3, -0.25) is 10.1 Å². The fourth-order valence-corrected chi connectivity index (χ4v) is 1.76. The predicted molar refractivity (Wildman–Crippen MR) is 55.2 cm³/mol. The predicted octanol–water partition coefficient (Wildman–Crippen LogP) is 1.38. The molecule has 0 bridgehead atoms. The van der Waals surface area contributed by atoms with Gasteiger partial charge in [-0.15, -0.1) is 0 Å². The number of nitro groups is 1. The summed E-state index contributed by atoms with van der Waals surface area (Å²) in [6.07, 6.45) is 0. The molecule has 7 heteroatoms. The van der Waals surface area contributed by atoms with Crippen molar-refractivity contribution in [3.8, 4) is 6.07 Å². The lowest BCUT2D eigenvalue weighted by Crippen LogP contribution is -1.99. The molecule has 0 aromatic heterocycles. The highest BCUT2D eigenvalue weighted by molar-refractivity contribution is 7.94. The number of rotatable bonds is 3. The highest BCUT2D eigenvalue weighted by atomic mass is 32.2. The molecule has 6 nitrogen and oxygen atoms in total. The SMILES string of the molecule is C=CS(=O)(=O)c1ccc(C#N)c([N+](=O)[O-])c1. The molecule has 0 fully saturated rings. The van der Waals surface area contributed by atoms with Crippen LogP contribution in [0.15, 0.2) is 35.1 Å². The van der Waals surface area contributed by atoms with Crippen LogP contribution in [0.5, 0.6) is 0 Å². The molecule has 0 saturated heterocycles. The highest BCUT2D eigenvalue weighted by Crippen LogP contribution is 2.23. The van der Waals surface area contributed by atoms with Gasteiger partial charge in [0, 0.05) is 11.5 Å². The Hall–Kier alpha value is -2.20. The van der Waals surface area contributed by atoms with Crippen LogP contribution in [-0.4, -0.2) is 13.3 Å². The summed E-state index contributed by atoms with van der Waals surface area (Å²) in [5, 5.41) is 19.9. The Morgan fingerprint density at radius 2 is 2.12 bits per heavy atom. The van der Waals surface area contributed by atoms with Crippen molar-refractivity contribution in [2.24, 2.45) is 0 Å². The van der Waals surface area contributed by atoms with Crippen molar-refractivity contribution < 1.29 is 13.3 Å². The summed E-state index contributed by atoms with van der Waals surface area (Å²) < 4.78 is 22.7. The van der Waals surface area contributed by atoms with Gasteiger partial charge in [0.05, 0.1) is 9.82 Å². The minimum Gasteiger partial charge on any atom is -0.258 e. The quantitative estimate of drug-likeness (QED) is 0.584. The van der Waals surface area contributed by atoms with Crippen molar-refractivity contribution >= 4 is 15.5 Å². The maximum absolute atomic E-state index is 11.4. The molecule has 0 radical (unpaired) electrons. The molecule has 1 aromatic carbocycles. The van der Waals surface area contributed by atoms with Crippen LogP contribution < -0.4 is 0 Å². The molecule has 16 heavy (non-hydrogen) atoms. The maximum Gasteiger partial charge on any atom is 0.288 e. The minimum atomic E-state index is -3.73. The van der Waals surface area contributed by atoms with Crippen LogP contribution in [-0.2, 0) is 9.84 Å². The first-order valence-corrected chi connectivity index (χ1v) is 5.53. The summed E-state index contributed by atoms with van der Waals surface area (Å²) in [6.45, 7) is 3.10. The molecular weight excluding hydrogens is 232 g/mol. The van der Waals surface area contributed by atoms with E-state index in [4.69, 9.17) is 5.26 Å². The number of nitriles is 1. The van der Waals surface area contributed by atoms with E-state index >= 15 is 0 Å². The van der Waals surface area contributed by atoms with Crippen molar-refractivity contribution in [2.75, 3.05) is 0 Å². The maximum atomic E-state index is 11.4. The van der Waals surface area contributed by atoms with E-state index in [9.17, 15) is 18.5 Å². The van der Waals surface area contributed by atoms with Gasteiger partial charge in [-0.2, -0.15) is 5.26 Å². The third kappa shape index (κ3) is 2.07. The van der Waals surface area contributed by atoms with Crippen molar-refractivity contribution in [3.63, 3.8) is 0 Å². The first-order valence-electron chi connectivity index (χ1n) is 3.98. The highest BCUT2D eigenvalue weighted by Gasteiger charge is 2.19. The minimum absolute atomic E-state index is 0.187. The summed E-state index contributed by atoms with van der Waals surface area (Å²) in [5.74, 6) is 0. The lowest BCUT2D eigenvalue weighted by Gasteiger charge is -1.99. The molecule has 0 amide bonds. The second-order valence-electron chi connectivity index (χ2n) is 2.76. The Morgan fingerprint density at radius 1 is 1.50 bits per heavy atom. The van der Waals surface area contributed by atoms with Crippen molar-refractivity contribution in [1.29, 1.82) is 5.26 Å². The Kier molecular flexibility index (Phi) is 3.06. The zero-order chi connectivity index (χ0) is 12.3. The number of hydrogen-bond donors (Lipinski definition) is 0. The summed E-state index contributed by atoms with van der Waals surface area (Å²) in [7, 11) is -3.73. The zero-order valence-electron chi connectivity index (χ0n) is 7.95. The molecule has 1 aromatic rings. The Bertz CT molecular complexity index is 598. The van der Waals surface area contributed by atoms with E-state index in [2.05, 4.69) is 6.58 Å². The second-order valence-corrected chi connectivity index (χ2v) is 4.65. The summed E-state index contributed by atoms with van der Waals surface area (Å²) in [6, 6.07) is 4.67. The van der Waals surface area contributed by atoms with E-state index in [1.165, 1.54) is 0 Å². The molecule has 1 rings (SSSR count). The average Bonchev–Trinajstić information content (AvgIpc) is 2.28. The van der Waals surface area contributed by atoms with Crippen LogP contribution in [0.3, 0.4) is 0 Å². The standard InChI is InChI=1S/C9H6N2O4S/c1-2-16(14,15)8-4-3-7(6-10)9(5-8)11(12)13/h2-5H,1H2. The first-order chi connectivity index (χ1) is 7.42. The van der Waals surface area contributed by atoms with Crippen LogP contribution in [0.1, 0.15) is 5.56 Å². The van der Waals surface area contributed by atoms with Gasteiger partial charge in [-0.25, -0.2) is 8.42 Å². The number of benzene rings is 1. The van der Waals surface area contributed by atoms with Crippen LogP contribution in [0, 0.1) is 21.4 Å². The van der Waals surface area contributed by atoms with Gasteiger partial charge in [0.25, 0.3) is 5.69 Å². The molecule has 0 spiro atoms. The fourth-order valence-electron chi connectivity index (χ4n) is 1.03. The molecule has 0 unspecified atom stereocenters. The largest absolute Gasteiger partial charge is 0.288 e. The Balaban J connectivity index is 3.52. The Labute approximate surface area is 91.5 Å². The average molecular weight is 238 g/mol.